The van der Waals surface area contributed by atoms with E-state index in [1.807, 2.05) is 6.07 Å². The Morgan fingerprint density at radius 3 is 2.26 bits per heavy atom. The number of carboxylic acids is 1. The van der Waals surface area contributed by atoms with Crippen molar-refractivity contribution in [3.05, 3.63) is 98.4 Å². The lowest BCUT2D eigenvalue weighted by Crippen LogP contribution is -2.48. The second kappa shape index (κ2) is 12.2. The maximum Gasteiger partial charge on any atom is 0.328 e. The standard InChI is InChI=1S/C27H23N3O6S2/c31-18-9-4-6-16(12-18)14-28-25(33)22-13-19(17-7-2-1-3-8-17)23(38-22)26(34)30-20(27(35)36)15-29-24(32)21-10-5-11-37-21/h1-13,20,31H,14-15H2,(H,28,33)(H,29,32)(H,30,34)(H,35,36). The van der Waals surface area contributed by atoms with E-state index in [4.69, 9.17) is 0 Å². The van der Waals surface area contributed by atoms with Crippen molar-refractivity contribution in [1.29, 1.82) is 0 Å². The number of rotatable bonds is 10. The Balaban J connectivity index is 1.52. The fourth-order valence-corrected chi connectivity index (χ4v) is 5.19. The van der Waals surface area contributed by atoms with Crippen LogP contribution < -0.4 is 16.0 Å². The van der Waals surface area contributed by atoms with Crippen LogP contribution in [0.3, 0.4) is 0 Å². The van der Waals surface area contributed by atoms with E-state index >= 15 is 0 Å². The first-order valence-corrected chi connectivity index (χ1v) is 13.1. The second-order valence-electron chi connectivity index (χ2n) is 8.12. The smallest absolute Gasteiger partial charge is 0.328 e. The molecule has 0 bridgehead atoms. The molecule has 38 heavy (non-hydrogen) atoms. The largest absolute Gasteiger partial charge is 0.508 e. The van der Waals surface area contributed by atoms with Crippen molar-refractivity contribution in [3.63, 3.8) is 0 Å². The molecular weight excluding hydrogens is 526 g/mol. The van der Waals surface area contributed by atoms with E-state index in [2.05, 4.69) is 16.0 Å². The molecule has 2 aromatic carbocycles. The van der Waals surface area contributed by atoms with Crippen molar-refractivity contribution in [2.45, 2.75) is 12.6 Å². The molecule has 0 saturated carbocycles. The molecule has 0 fully saturated rings. The zero-order chi connectivity index (χ0) is 27.1. The molecule has 5 N–H and O–H groups in total. The van der Waals surface area contributed by atoms with E-state index in [1.165, 1.54) is 23.5 Å². The van der Waals surface area contributed by atoms with Gasteiger partial charge in [0.2, 0.25) is 0 Å². The van der Waals surface area contributed by atoms with E-state index in [1.54, 1.807) is 60.0 Å². The molecule has 9 nitrogen and oxygen atoms in total. The van der Waals surface area contributed by atoms with Crippen molar-refractivity contribution in [2.75, 3.05) is 6.54 Å². The lowest BCUT2D eigenvalue weighted by atomic mass is 10.1. The van der Waals surface area contributed by atoms with E-state index in [0.29, 0.717) is 21.6 Å². The lowest BCUT2D eigenvalue weighted by Gasteiger charge is -2.15. The summed E-state index contributed by atoms with van der Waals surface area (Å²) in [6, 6.07) is 18.9. The summed E-state index contributed by atoms with van der Waals surface area (Å²) >= 11 is 2.15. The van der Waals surface area contributed by atoms with Gasteiger partial charge in [0.05, 0.1) is 9.75 Å². The Morgan fingerprint density at radius 2 is 1.58 bits per heavy atom. The van der Waals surface area contributed by atoms with Crippen LogP contribution in [0, 0.1) is 0 Å². The highest BCUT2D eigenvalue weighted by molar-refractivity contribution is 7.16. The normalized spacial score (nSPS) is 11.4. The SMILES string of the molecule is O=C(NCC(NC(=O)c1sc(C(=O)NCc2cccc(O)c2)cc1-c1ccccc1)C(=O)O)c1cccs1. The van der Waals surface area contributed by atoms with Crippen molar-refractivity contribution in [2.24, 2.45) is 0 Å². The van der Waals surface area contributed by atoms with Crippen molar-refractivity contribution in [3.8, 4) is 16.9 Å². The summed E-state index contributed by atoms with van der Waals surface area (Å²) in [5.74, 6) is -2.77. The summed E-state index contributed by atoms with van der Waals surface area (Å²) in [5, 5.41) is 28.8. The number of phenols is 1. The van der Waals surface area contributed by atoms with Crippen LogP contribution in [0.25, 0.3) is 11.1 Å². The number of nitrogens with one attached hydrogen (secondary N) is 3. The highest BCUT2D eigenvalue weighted by atomic mass is 32.1. The third kappa shape index (κ3) is 6.64. The van der Waals surface area contributed by atoms with Crippen molar-refractivity contribution >= 4 is 46.4 Å². The third-order valence-electron chi connectivity index (χ3n) is 5.43. The number of aliphatic carboxylic acids is 1. The molecule has 3 amide bonds. The number of carbonyl (C=O) groups is 4. The Labute approximate surface area is 225 Å². The molecule has 0 aliphatic carbocycles. The average molecular weight is 550 g/mol. The van der Waals surface area contributed by atoms with Crippen LogP contribution in [0.4, 0.5) is 0 Å². The van der Waals surface area contributed by atoms with Crippen LogP contribution in [0.5, 0.6) is 5.75 Å². The minimum absolute atomic E-state index is 0.0813. The van der Waals surface area contributed by atoms with Gasteiger partial charge in [0.25, 0.3) is 17.7 Å². The van der Waals surface area contributed by atoms with Gasteiger partial charge in [-0.05, 0) is 40.8 Å². The zero-order valence-electron chi connectivity index (χ0n) is 19.8. The Bertz CT molecular complexity index is 1450. The van der Waals surface area contributed by atoms with E-state index < -0.39 is 29.7 Å². The molecular formula is C27H23N3O6S2. The van der Waals surface area contributed by atoms with E-state index in [-0.39, 0.29) is 28.6 Å². The van der Waals surface area contributed by atoms with Gasteiger partial charge in [-0.15, -0.1) is 22.7 Å². The molecule has 194 valence electrons. The average Bonchev–Trinajstić information content (AvgIpc) is 3.61. The van der Waals surface area contributed by atoms with Crippen LogP contribution in [0.1, 0.15) is 34.6 Å². The molecule has 0 radical (unpaired) electrons. The fourth-order valence-electron chi connectivity index (χ4n) is 3.55. The van der Waals surface area contributed by atoms with Crippen molar-refractivity contribution in [1.82, 2.24) is 16.0 Å². The van der Waals surface area contributed by atoms with Gasteiger partial charge in [-0.2, -0.15) is 0 Å². The predicted molar refractivity (Wildman–Crippen MR) is 145 cm³/mol. The van der Waals surface area contributed by atoms with Gasteiger partial charge in [0.15, 0.2) is 0 Å². The highest BCUT2D eigenvalue weighted by Crippen LogP contribution is 2.32. The van der Waals surface area contributed by atoms with Gasteiger partial charge in [-0.1, -0.05) is 48.5 Å². The minimum Gasteiger partial charge on any atom is -0.508 e. The Hall–Kier alpha value is -4.48. The van der Waals surface area contributed by atoms with Gasteiger partial charge in [-0.25, -0.2) is 4.79 Å². The van der Waals surface area contributed by atoms with Crippen LogP contribution in [0.2, 0.25) is 0 Å². The first-order valence-electron chi connectivity index (χ1n) is 11.4. The maximum atomic E-state index is 13.2. The molecule has 4 aromatic rings. The molecule has 1 unspecified atom stereocenters. The number of carbonyl (C=O) groups excluding carboxylic acids is 3. The molecule has 0 aliphatic heterocycles. The number of thiophene rings is 2. The fraction of sp³-hybridized carbons (Fsp3) is 0.111. The summed E-state index contributed by atoms with van der Waals surface area (Å²) in [5.41, 5.74) is 1.85. The Morgan fingerprint density at radius 1 is 0.816 bits per heavy atom. The molecule has 0 saturated heterocycles. The summed E-state index contributed by atoms with van der Waals surface area (Å²) in [6.07, 6.45) is 0. The summed E-state index contributed by atoms with van der Waals surface area (Å²) in [6.45, 7) is -0.153. The summed E-state index contributed by atoms with van der Waals surface area (Å²) in [7, 11) is 0. The first kappa shape index (κ1) is 26.6. The third-order valence-corrected chi connectivity index (χ3v) is 7.43. The number of phenolic OH excluding ortho intramolecular Hbond substituents is 1. The molecule has 2 heterocycles. The second-order valence-corrected chi connectivity index (χ2v) is 10.1. The summed E-state index contributed by atoms with van der Waals surface area (Å²) < 4.78 is 0. The molecule has 2 aromatic heterocycles. The van der Waals surface area contributed by atoms with Crippen LogP contribution in [-0.4, -0.2) is 46.5 Å². The zero-order valence-corrected chi connectivity index (χ0v) is 21.5. The van der Waals surface area contributed by atoms with Crippen LogP contribution in [0.15, 0.2) is 78.2 Å². The topological polar surface area (TPSA) is 145 Å². The minimum atomic E-state index is -1.39. The van der Waals surface area contributed by atoms with E-state index in [0.717, 1.165) is 11.3 Å². The summed E-state index contributed by atoms with van der Waals surface area (Å²) in [4.78, 5) is 51.1. The first-order chi connectivity index (χ1) is 18.3. The van der Waals surface area contributed by atoms with Gasteiger partial charge < -0.3 is 26.2 Å². The van der Waals surface area contributed by atoms with Gasteiger partial charge in [0.1, 0.15) is 16.7 Å². The number of carboxylic acid groups (broad SMARTS) is 1. The Kier molecular flexibility index (Phi) is 8.51. The van der Waals surface area contributed by atoms with Gasteiger partial charge >= 0.3 is 5.97 Å². The van der Waals surface area contributed by atoms with Crippen LogP contribution in [-0.2, 0) is 11.3 Å². The molecule has 1 atom stereocenters. The quantitative estimate of drug-likeness (QED) is 0.204. The molecule has 0 aliphatic rings. The highest BCUT2D eigenvalue weighted by Gasteiger charge is 2.26. The predicted octanol–water partition coefficient (Wildman–Crippen LogP) is 3.73. The van der Waals surface area contributed by atoms with Gasteiger partial charge in [-0.3, -0.25) is 14.4 Å². The number of benzene rings is 2. The van der Waals surface area contributed by atoms with Gasteiger partial charge in [0, 0.05) is 18.7 Å². The molecule has 0 spiro atoms. The lowest BCUT2D eigenvalue weighted by molar-refractivity contribution is -0.139. The maximum absolute atomic E-state index is 13.2. The number of amides is 3. The van der Waals surface area contributed by atoms with Crippen molar-refractivity contribution < 1.29 is 29.4 Å². The number of aromatic hydroxyl groups is 1. The monoisotopic (exact) mass is 549 g/mol. The number of hydrogen-bond donors (Lipinski definition) is 5. The van der Waals surface area contributed by atoms with E-state index in [9.17, 15) is 29.4 Å². The molecule has 4 rings (SSSR count). The molecule has 11 heteroatoms. The van der Waals surface area contributed by atoms with Crippen LogP contribution >= 0.6 is 22.7 Å². The number of hydrogen-bond acceptors (Lipinski definition) is 7.